The summed E-state index contributed by atoms with van der Waals surface area (Å²) in [4.78, 5) is 0. The van der Waals surface area contributed by atoms with E-state index in [4.69, 9.17) is 0 Å². The minimum Gasteiger partial charge on any atom is -0.393 e. The average Bonchev–Trinajstić information content (AvgIpc) is 2.38. The van der Waals surface area contributed by atoms with Crippen molar-refractivity contribution in [3.63, 3.8) is 0 Å². The average molecular weight is 234 g/mol. The number of benzene rings is 1. The second-order valence-corrected chi connectivity index (χ2v) is 4.97. The van der Waals surface area contributed by atoms with E-state index in [9.17, 15) is 5.11 Å². The minimum absolute atomic E-state index is 0.195. The van der Waals surface area contributed by atoms with Crippen molar-refractivity contribution < 1.29 is 5.11 Å². The minimum atomic E-state index is -0.195. The third kappa shape index (κ3) is 5.36. The molecule has 1 heteroatoms. The fourth-order valence-corrected chi connectivity index (χ4v) is 2.19. The molecular weight excluding hydrogens is 208 g/mol. The zero-order chi connectivity index (χ0) is 12.5. The molecule has 1 nitrogen and oxygen atoms in total. The molecule has 0 saturated carbocycles. The van der Waals surface area contributed by atoms with Gasteiger partial charge in [-0.2, -0.15) is 0 Å². The lowest BCUT2D eigenvalue weighted by molar-refractivity contribution is 0.136. The van der Waals surface area contributed by atoms with E-state index in [1.54, 1.807) is 0 Å². The van der Waals surface area contributed by atoms with Gasteiger partial charge < -0.3 is 5.11 Å². The fraction of sp³-hybridized carbons (Fsp3) is 0.625. The Bertz CT molecular complexity index is 281. The van der Waals surface area contributed by atoms with E-state index in [1.807, 2.05) is 18.2 Å². The van der Waals surface area contributed by atoms with Crippen molar-refractivity contribution in [1.29, 1.82) is 0 Å². The largest absolute Gasteiger partial charge is 0.393 e. The van der Waals surface area contributed by atoms with Crippen molar-refractivity contribution in [2.75, 3.05) is 0 Å². The predicted octanol–water partition coefficient (Wildman–Crippen LogP) is 4.51. The van der Waals surface area contributed by atoms with E-state index in [0.717, 1.165) is 12.8 Å². The van der Waals surface area contributed by atoms with Crippen LogP contribution in [0.1, 0.15) is 63.9 Å². The Balaban J connectivity index is 2.25. The first kappa shape index (κ1) is 14.2. The number of hydrogen-bond donors (Lipinski definition) is 1. The van der Waals surface area contributed by atoms with Crippen molar-refractivity contribution in [2.24, 2.45) is 0 Å². The first-order chi connectivity index (χ1) is 8.25. The van der Waals surface area contributed by atoms with Gasteiger partial charge in [-0.1, -0.05) is 76.3 Å². The van der Waals surface area contributed by atoms with Gasteiger partial charge in [-0.3, -0.25) is 0 Å². The van der Waals surface area contributed by atoms with Crippen molar-refractivity contribution in [3.05, 3.63) is 35.9 Å². The third-order valence-corrected chi connectivity index (χ3v) is 3.51. The molecule has 0 aliphatic rings. The molecule has 1 N–H and O–H groups in total. The lowest BCUT2D eigenvalue weighted by Crippen LogP contribution is -2.15. The highest BCUT2D eigenvalue weighted by Crippen LogP contribution is 2.22. The van der Waals surface area contributed by atoms with Crippen molar-refractivity contribution >= 4 is 0 Å². The van der Waals surface area contributed by atoms with Crippen LogP contribution in [0.25, 0.3) is 0 Å². The summed E-state index contributed by atoms with van der Waals surface area (Å²) in [6.07, 6.45) is 7.06. The highest BCUT2D eigenvalue weighted by atomic mass is 16.3. The summed E-state index contributed by atoms with van der Waals surface area (Å²) in [7, 11) is 0. The van der Waals surface area contributed by atoms with E-state index in [1.165, 1.54) is 31.2 Å². The van der Waals surface area contributed by atoms with Gasteiger partial charge in [-0.05, 0) is 12.0 Å². The SMILES string of the molecule is CCCCCCC[C@@H](O)[C@H](C)c1ccccc1. The van der Waals surface area contributed by atoms with Crippen LogP contribution in [-0.4, -0.2) is 11.2 Å². The summed E-state index contributed by atoms with van der Waals surface area (Å²) in [5.74, 6) is 0.252. The number of rotatable bonds is 8. The molecule has 0 bridgehead atoms. The van der Waals surface area contributed by atoms with Crippen LogP contribution in [0, 0.1) is 0 Å². The Morgan fingerprint density at radius 3 is 2.29 bits per heavy atom. The van der Waals surface area contributed by atoms with E-state index in [0.29, 0.717) is 0 Å². The van der Waals surface area contributed by atoms with Gasteiger partial charge in [0.05, 0.1) is 6.10 Å². The van der Waals surface area contributed by atoms with Crippen LogP contribution in [0.3, 0.4) is 0 Å². The normalized spacial score (nSPS) is 14.5. The van der Waals surface area contributed by atoms with E-state index in [-0.39, 0.29) is 12.0 Å². The number of hydrogen-bond acceptors (Lipinski definition) is 1. The lowest BCUT2D eigenvalue weighted by Gasteiger charge is -2.19. The van der Waals surface area contributed by atoms with Crippen LogP contribution in [0.2, 0.25) is 0 Å². The first-order valence-electron chi connectivity index (χ1n) is 6.98. The summed E-state index contributed by atoms with van der Waals surface area (Å²) in [5, 5.41) is 10.1. The highest BCUT2D eigenvalue weighted by Gasteiger charge is 2.15. The molecule has 2 atom stereocenters. The predicted molar refractivity (Wildman–Crippen MR) is 74.2 cm³/mol. The molecule has 0 aliphatic carbocycles. The smallest absolute Gasteiger partial charge is 0.0606 e. The number of aliphatic hydroxyl groups excluding tert-OH is 1. The van der Waals surface area contributed by atoms with Crippen molar-refractivity contribution in [2.45, 2.75) is 64.4 Å². The highest BCUT2D eigenvalue weighted by molar-refractivity contribution is 5.19. The van der Waals surface area contributed by atoms with Gasteiger partial charge in [0.2, 0.25) is 0 Å². The van der Waals surface area contributed by atoms with Crippen molar-refractivity contribution in [1.82, 2.24) is 0 Å². The second-order valence-electron chi connectivity index (χ2n) is 4.97. The van der Waals surface area contributed by atoms with Gasteiger partial charge in [0, 0.05) is 5.92 Å². The Labute approximate surface area is 106 Å². The molecule has 0 amide bonds. The van der Waals surface area contributed by atoms with Crippen LogP contribution >= 0.6 is 0 Å². The second kappa shape index (κ2) is 8.30. The molecule has 1 aromatic rings. The van der Waals surface area contributed by atoms with Crippen LogP contribution in [0.5, 0.6) is 0 Å². The Hall–Kier alpha value is -0.820. The maximum atomic E-state index is 10.1. The van der Waals surface area contributed by atoms with Gasteiger partial charge >= 0.3 is 0 Å². The molecule has 96 valence electrons. The molecule has 1 rings (SSSR count). The summed E-state index contributed by atoms with van der Waals surface area (Å²) in [6, 6.07) is 10.3. The Morgan fingerprint density at radius 1 is 1.00 bits per heavy atom. The monoisotopic (exact) mass is 234 g/mol. The van der Waals surface area contributed by atoms with Crippen LogP contribution in [0.15, 0.2) is 30.3 Å². The van der Waals surface area contributed by atoms with E-state index >= 15 is 0 Å². The van der Waals surface area contributed by atoms with Crippen molar-refractivity contribution in [3.8, 4) is 0 Å². The quantitative estimate of drug-likeness (QED) is 0.656. The standard InChI is InChI=1S/C16H26O/c1-3-4-5-6-10-13-16(17)14(2)15-11-8-7-9-12-15/h7-9,11-12,14,16-17H,3-6,10,13H2,1-2H3/t14-,16-/m1/s1. The zero-order valence-corrected chi connectivity index (χ0v) is 11.2. The van der Waals surface area contributed by atoms with Crippen LogP contribution in [-0.2, 0) is 0 Å². The molecule has 17 heavy (non-hydrogen) atoms. The topological polar surface area (TPSA) is 20.2 Å². The van der Waals surface area contributed by atoms with Gasteiger partial charge in [-0.25, -0.2) is 0 Å². The van der Waals surface area contributed by atoms with Gasteiger partial charge in [0.15, 0.2) is 0 Å². The van der Waals surface area contributed by atoms with E-state index < -0.39 is 0 Å². The molecule has 0 heterocycles. The molecule has 0 unspecified atom stereocenters. The molecule has 1 aromatic carbocycles. The molecule has 0 spiro atoms. The molecule has 0 aliphatic heterocycles. The Kier molecular flexibility index (Phi) is 6.95. The summed E-state index contributed by atoms with van der Waals surface area (Å²) >= 11 is 0. The maximum absolute atomic E-state index is 10.1. The van der Waals surface area contributed by atoms with Crippen LogP contribution in [0.4, 0.5) is 0 Å². The molecular formula is C16H26O. The molecule has 0 aromatic heterocycles. The molecule has 0 saturated heterocycles. The molecule has 0 radical (unpaired) electrons. The summed E-state index contributed by atoms with van der Waals surface area (Å²) in [6.45, 7) is 4.35. The van der Waals surface area contributed by atoms with Crippen LogP contribution < -0.4 is 0 Å². The molecule has 0 fully saturated rings. The summed E-state index contributed by atoms with van der Waals surface area (Å²) in [5.41, 5.74) is 1.24. The van der Waals surface area contributed by atoms with Gasteiger partial charge in [0.1, 0.15) is 0 Å². The van der Waals surface area contributed by atoms with Gasteiger partial charge in [-0.15, -0.1) is 0 Å². The van der Waals surface area contributed by atoms with E-state index in [2.05, 4.69) is 26.0 Å². The number of unbranched alkanes of at least 4 members (excludes halogenated alkanes) is 4. The number of aliphatic hydroxyl groups is 1. The summed E-state index contributed by atoms with van der Waals surface area (Å²) < 4.78 is 0. The lowest BCUT2D eigenvalue weighted by atomic mass is 9.92. The Morgan fingerprint density at radius 2 is 1.65 bits per heavy atom. The maximum Gasteiger partial charge on any atom is 0.0606 e. The first-order valence-corrected chi connectivity index (χ1v) is 6.98. The third-order valence-electron chi connectivity index (χ3n) is 3.51. The fourth-order valence-electron chi connectivity index (χ4n) is 2.19. The van der Waals surface area contributed by atoms with Gasteiger partial charge in [0.25, 0.3) is 0 Å². The zero-order valence-electron chi connectivity index (χ0n) is 11.2.